The highest BCUT2D eigenvalue weighted by Crippen LogP contribution is 2.30. The summed E-state index contributed by atoms with van der Waals surface area (Å²) in [6.45, 7) is 1.92. The first-order chi connectivity index (χ1) is 16.8. The summed E-state index contributed by atoms with van der Waals surface area (Å²) >= 11 is 1.19. The highest BCUT2D eigenvalue weighted by molar-refractivity contribution is 7.91. The molecule has 0 saturated heterocycles. The number of amides is 1. The lowest BCUT2D eigenvalue weighted by Gasteiger charge is -2.14. The van der Waals surface area contributed by atoms with Crippen molar-refractivity contribution in [3.8, 4) is 11.1 Å². The van der Waals surface area contributed by atoms with Crippen LogP contribution in [0.1, 0.15) is 27.0 Å². The summed E-state index contributed by atoms with van der Waals surface area (Å²) in [5.41, 5.74) is 5.65. The zero-order valence-corrected chi connectivity index (χ0v) is 20.5. The fraction of sp³-hybridized carbons (Fsp3) is 0.148. The van der Waals surface area contributed by atoms with Crippen molar-refractivity contribution in [1.82, 2.24) is 4.72 Å². The molecule has 0 aliphatic heterocycles. The molecular weight excluding hydrogens is 483 g/mol. The van der Waals surface area contributed by atoms with Gasteiger partial charge in [0.05, 0.1) is 0 Å². The van der Waals surface area contributed by atoms with Crippen molar-refractivity contribution < 1.29 is 17.6 Å². The zero-order valence-electron chi connectivity index (χ0n) is 18.9. The lowest BCUT2D eigenvalue weighted by atomic mass is 9.94. The Bertz CT molecular complexity index is 1500. The van der Waals surface area contributed by atoms with Gasteiger partial charge >= 0.3 is 0 Å². The van der Waals surface area contributed by atoms with Gasteiger partial charge in [-0.2, -0.15) is 0 Å². The van der Waals surface area contributed by atoms with Crippen LogP contribution in [0.25, 0.3) is 11.1 Å². The van der Waals surface area contributed by atoms with Crippen LogP contribution in [0.2, 0.25) is 0 Å². The molecule has 0 saturated carbocycles. The number of thiophene rings is 1. The molecule has 1 heterocycles. The molecule has 35 heavy (non-hydrogen) atoms. The van der Waals surface area contributed by atoms with Crippen molar-refractivity contribution in [3.63, 3.8) is 0 Å². The van der Waals surface area contributed by atoms with Gasteiger partial charge in [0.25, 0.3) is 5.91 Å². The number of halogens is 1. The number of hydrogen-bond donors (Lipinski definition) is 2. The third-order valence-electron chi connectivity index (χ3n) is 6.13. The zero-order chi connectivity index (χ0) is 24.6. The van der Waals surface area contributed by atoms with Crippen LogP contribution < -0.4 is 10.0 Å². The lowest BCUT2D eigenvalue weighted by Crippen LogP contribution is -2.34. The molecule has 0 radical (unpaired) electrons. The van der Waals surface area contributed by atoms with Gasteiger partial charge < -0.3 is 5.32 Å². The van der Waals surface area contributed by atoms with Gasteiger partial charge in [-0.1, -0.05) is 36.4 Å². The number of carbonyl (C=O) groups excluding carboxylic acids is 1. The predicted molar refractivity (Wildman–Crippen MR) is 137 cm³/mol. The van der Waals surface area contributed by atoms with Crippen molar-refractivity contribution in [2.24, 2.45) is 0 Å². The molecule has 8 heteroatoms. The Morgan fingerprint density at radius 2 is 1.74 bits per heavy atom. The molecule has 1 amide bonds. The summed E-state index contributed by atoms with van der Waals surface area (Å²) < 4.78 is 41.7. The van der Waals surface area contributed by atoms with Gasteiger partial charge in [0.1, 0.15) is 10.0 Å². The molecule has 1 aliphatic rings. The molecule has 4 aromatic rings. The summed E-state index contributed by atoms with van der Waals surface area (Å²) in [6, 6.07) is 20.3. The second kappa shape index (κ2) is 9.37. The first kappa shape index (κ1) is 23.4. The molecule has 3 aromatic carbocycles. The largest absolute Gasteiger partial charge is 0.322 e. The first-order valence-corrected chi connectivity index (χ1v) is 13.5. The third kappa shape index (κ3) is 4.91. The van der Waals surface area contributed by atoms with E-state index in [1.165, 1.54) is 23.5 Å². The van der Waals surface area contributed by atoms with E-state index < -0.39 is 10.0 Å². The number of fused-ring (bicyclic) bond motifs is 1. The quantitative estimate of drug-likeness (QED) is 0.360. The standard InChI is InChI=1S/C27H23FN2O3S2/c1-17-4-2-5-24(26(17)18-7-10-21(28)11-8-18)27(31)29-22-12-9-19-14-23(16-20(19)15-22)30-35(32,33)25-6-3-13-34-25/h2-13,15,23,30H,14,16H2,1H3,(H,29,31)/t23-/m1/s1. The molecule has 0 spiro atoms. The molecule has 0 unspecified atom stereocenters. The smallest absolute Gasteiger partial charge is 0.256 e. The van der Waals surface area contributed by atoms with E-state index in [2.05, 4.69) is 10.0 Å². The van der Waals surface area contributed by atoms with Crippen LogP contribution in [0, 0.1) is 12.7 Å². The van der Waals surface area contributed by atoms with E-state index in [1.807, 2.05) is 37.3 Å². The first-order valence-electron chi connectivity index (χ1n) is 11.1. The number of benzene rings is 3. The van der Waals surface area contributed by atoms with E-state index >= 15 is 0 Å². The Labute approximate surface area is 207 Å². The minimum Gasteiger partial charge on any atom is -0.322 e. The van der Waals surface area contributed by atoms with Crippen LogP contribution in [0.5, 0.6) is 0 Å². The van der Waals surface area contributed by atoms with Crippen LogP contribution >= 0.6 is 11.3 Å². The lowest BCUT2D eigenvalue weighted by molar-refractivity contribution is 0.102. The Morgan fingerprint density at radius 1 is 0.971 bits per heavy atom. The van der Waals surface area contributed by atoms with Gasteiger partial charge in [-0.3, -0.25) is 4.79 Å². The molecule has 2 N–H and O–H groups in total. The molecule has 0 bridgehead atoms. The summed E-state index contributed by atoms with van der Waals surface area (Å²) in [7, 11) is -3.55. The van der Waals surface area contributed by atoms with Crippen LogP contribution in [0.3, 0.4) is 0 Å². The minimum atomic E-state index is -3.55. The summed E-state index contributed by atoms with van der Waals surface area (Å²) in [4.78, 5) is 13.2. The fourth-order valence-corrected chi connectivity index (χ4v) is 6.77. The average molecular weight is 507 g/mol. The Hall–Kier alpha value is -3.33. The maximum Gasteiger partial charge on any atom is 0.256 e. The molecular formula is C27H23FN2O3S2. The highest BCUT2D eigenvalue weighted by atomic mass is 32.2. The van der Waals surface area contributed by atoms with E-state index in [0.29, 0.717) is 28.3 Å². The molecule has 1 aromatic heterocycles. The maximum absolute atomic E-state index is 13.4. The Morgan fingerprint density at radius 3 is 2.49 bits per heavy atom. The van der Waals surface area contributed by atoms with Crippen LogP contribution in [-0.4, -0.2) is 20.4 Å². The van der Waals surface area contributed by atoms with E-state index in [0.717, 1.165) is 27.8 Å². The highest BCUT2D eigenvalue weighted by Gasteiger charge is 2.27. The van der Waals surface area contributed by atoms with Gasteiger partial charge in [-0.15, -0.1) is 11.3 Å². The van der Waals surface area contributed by atoms with Crippen molar-refractivity contribution >= 4 is 33.0 Å². The monoisotopic (exact) mass is 506 g/mol. The van der Waals surface area contributed by atoms with Crippen molar-refractivity contribution in [2.45, 2.75) is 30.0 Å². The predicted octanol–water partition coefficient (Wildman–Crippen LogP) is 5.56. The fourth-order valence-electron chi connectivity index (χ4n) is 4.53. The van der Waals surface area contributed by atoms with Crippen molar-refractivity contribution in [3.05, 3.63) is 106 Å². The molecule has 5 nitrogen and oxygen atoms in total. The SMILES string of the molecule is Cc1cccc(C(=O)Nc2ccc3c(c2)C[C@H](NS(=O)(=O)c2cccs2)C3)c1-c1ccc(F)cc1. The number of nitrogens with one attached hydrogen (secondary N) is 2. The van der Waals surface area contributed by atoms with Crippen LogP contribution in [0.15, 0.2) is 82.4 Å². The van der Waals surface area contributed by atoms with E-state index in [1.54, 1.807) is 35.7 Å². The van der Waals surface area contributed by atoms with Crippen molar-refractivity contribution in [1.29, 1.82) is 0 Å². The van der Waals surface area contributed by atoms with Crippen LogP contribution in [0.4, 0.5) is 10.1 Å². The Balaban J connectivity index is 1.34. The molecule has 5 rings (SSSR count). The second-order valence-electron chi connectivity index (χ2n) is 8.60. The average Bonchev–Trinajstić information content (AvgIpc) is 3.49. The number of aryl methyl sites for hydroxylation is 1. The van der Waals surface area contributed by atoms with Gasteiger partial charge in [0.2, 0.25) is 10.0 Å². The van der Waals surface area contributed by atoms with E-state index in [4.69, 9.17) is 0 Å². The van der Waals surface area contributed by atoms with Gasteiger partial charge in [0.15, 0.2) is 0 Å². The summed E-state index contributed by atoms with van der Waals surface area (Å²) in [6.07, 6.45) is 1.15. The second-order valence-corrected chi connectivity index (χ2v) is 11.5. The summed E-state index contributed by atoms with van der Waals surface area (Å²) in [5, 5.41) is 4.71. The van der Waals surface area contributed by atoms with Crippen LogP contribution in [-0.2, 0) is 22.9 Å². The number of hydrogen-bond acceptors (Lipinski definition) is 4. The van der Waals surface area contributed by atoms with Gasteiger partial charge in [-0.25, -0.2) is 17.5 Å². The molecule has 178 valence electrons. The molecule has 0 fully saturated rings. The Kier molecular flexibility index (Phi) is 6.27. The number of carbonyl (C=O) groups is 1. The summed E-state index contributed by atoms with van der Waals surface area (Å²) in [5.74, 6) is -0.594. The maximum atomic E-state index is 13.4. The minimum absolute atomic E-state index is 0.232. The van der Waals surface area contributed by atoms with Gasteiger partial charge in [0, 0.05) is 17.3 Å². The normalized spacial score (nSPS) is 15.1. The molecule has 1 atom stereocenters. The van der Waals surface area contributed by atoms with E-state index in [9.17, 15) is 17.6 Å². The third-order valence-corrected chi connectivity index (χ3v) is 9.05. The number of sulfonamides is 1. The number of rotatable bonds is 6. The molecule has 1 aliphatic carbocycles. The van der Waals surface area contributed by atoms with E-state index in [-0.39, 0.29) is 17.8 Å². The number of anilines is 1. The van der Waals surface area contributed by atoms with Crippen molar-refractivity contribution in [2.75, 3.05) is 5.32 Å². The van der Waals surface area contributed by atoms with Gasteiger partial charge in [-0.05, 0) is 89.4 Å². The topological polar surface area (TPSA) is 75.3 Å².